The zero-order valence-corrected chi connectivity index (χ0v) is 11.4. The number of nitrogens with two attached hydrogens (primary N) is 1. The van der Waals surface area contributed by atoms with Crippen LogP contribution in [-0.2, 0) is 27.9 Å². The number of hydrogen-bond donors (Lipinski definition) is 2. The van der Waals surface area contributed by atoms with Crippen molar-refractivity contribution in [2.75, 3.05) is 19.4 Å². The molecule has 1 aromatic rings. The Labute approximate surface area is 108 Å². The Morgan fingerprint density at radius 1 is 1.28 bits per heavy atom. The zero-order valence-electron chi connectivity index (χ0n) is 10.6. The van der Waals surface area contributed by atoms with Crippen LogP contribution in [-0.4, -0.2) is 27.8 Å². The predicted octanol–water partition coefficient (Wildman–Crippen LogP) is 0.601. The van der Waals surface area contributed by atoms with Crippen molar-refractivity contribution >= 4 is 10.0 Å². The average molecular weight is 272 g/mol. The Bertz CT molecular complexity index is 460. The summed E-state index contributed by atoms with van der Waals surface area (Å²) in [5.74, 6) is 0.0136. The summed E-state index contributed by atoms with van der Waals surface area (Å²) in [7, 11) is -1.68. The van der Waals surface area contributed by atoms with Crippen molar-refractivity contribution in [3.8, 4) is 0 Å². The van der Waals surface area contributed by atoms with Gasteiger partial charge >= 0.3 is 0 Å². The van der Waals surface area contributed by atoms with Gasteiger partial charge in [-0.05, 0) is 24.1 Å². The first kappa shape index (κ1) is 15.1. The van der Waals surface area contributed by atoms with E-state index in [0.29, 0.717) is 26.1 Å². The van der Waals surface area contributed by atoms with E-state index in [1.165, 1.54) is 0 Å². The fourth-order valence-corrected chi connectivity index (χ4v) is 2.19. The van der Waals surface area contributed by atoms with Gasteiger partial charge in [0.05, 0.1) is 12.4 Å². The highest BCUT2D eigenvalue weighted by Gasteiger charge is 2.03. The van der Waals surface area contributed by atoms with E-state index in [1.54, 1.807) is 7.11 Å². The monoisotopic (exact) mass is 272 g/mol. The maximum absolute atomic E-state index is 10.7. The van der Waals surface area contributed by atoms with E-state index in [4.69, 9.17) is 9.88 Å². The van der Waals surface area contributed by atoms with Crippen LogP contribution in [0.3, 0.4) is 0 Å². The topological polar surface area (TPSA) is 81.4 Å². The average Bonchev–Trinajstić information content (AvgIpc) is 2.29. The highest BCUT2D eigenvalue weighted by atomic mass is 32.2. The van der Waals surface area contributed by atoms with Gasteiger partial charge in [-0.25, -0.2) is 13.6 Å². The van der Waals surface area contributed by atoms with E-state index in [-0.39, 0.29) is 5.75 Å². The van der Waals surface area contributed by atoms with Crippen molar-refractivity contribution in [2.45, 2.75) is 19.6 Å². The van der Waals surface area contributed by atoms with Crippen molar-refractivity contribution in [2.24, 2.45) is 5.14 Å². The summed E-state index contributed by atoms with van der Waals surface area (Å²) in [4.78, 5) is 0. The third-order valence-corrected chi connectivity index (χ3v) is 3.37. The van der Waals surface area contributed by atoms with Gasteiger partial charge in [0.25, 0.3) is 0 Å². The molecule has 0 amide bonds. The van der Waals surface area contributed by atoms with E-state index in [1.807, 2.05) is 24.3 Å². The maximum atomic E-state index is 10.7. The zero-order chi connectivity index (χ0) is 13.4. The predicted molar refractivity (Wildman–Crippen MR) is 71.5 cm³/mol. The maximum Gasteiger partial charge on any atom is 0.209 e. The lowest BCUT2D eigenvalue weighted by atomic mass is 10.1. The molecular formula is C12H20N2O3S. The van der Waals surface area contributed by atoms with Crippen LogP contribution in [0.15, 0.2) is 24.3 Å². The SMILES string of the molecule is COCc1ccccc1CNCCCS(N)(=O)=O. The Morgan fingerprint density at radius 3 is 2.56 bits per heavy atom. The van der Waals surface area contributed by atoms with E-state index in [2.05, 4.69) is 5.32 Å². The molecule has 6 heteroatoms. The third kappa shape index (κ3) is 6.11. The quantitative estimate of drug-likeness (QED) is 0.679. The second-order valence-corrected chi connectivity index (χ2v) is 5.83. The molecular weight excluding hydrogens is 252 g/mol. The molecule has 18 heavy (non-hydrogen) atoms. The lowest BCUT2D eigenvalue weighted by molar-refractivity contribution is 0.184. The van der Waals surface area contributed by atoms with Crippen LogP contribution in [0.2, 0.25) is 0 Å². The first-order valence-electron chi connectivity index (χ1n) is 5.80. The molecule has 0 radical (unpaired) electrons. The highest BCUT2D eigenvalue weighted by Crippen LogP contribution is 2.09. The minimum Gasteiger partial charge on any atom is -0.380 e. The number of sulfonamides is 1. The van der Waals surface area contributed by atoms with Crippen LogP contribution >= 0.6 is 0 Å². The van der Waals surface area contributed by atoms with Crippen molar-refractivity contribution in [1.82, 2.24) is 5.32 Å². The standard InChI is InChI=1S/C12H20N2O3S/c1-17-10-12-6-3-2-5-11(12)9-14-7-4-8-18(13,15)16/h2-3,5-6,14H,4,7-10H2,1H3,(H2,13,15,16). The van der Waals surface area contributed by atoms with Crippen molar-refractivity contribution in [3.63, 3.8) is 0 Å². The normalized spacial score (nSPS) is 11.7. The van der Waals surface area contributed by atoms with Crippen LogP contribution < -0.4 is 10.5 Å². The number of primary sulfonamides is 1. The minimum atomic E-state index is -3.35. The van der Waals surface area contributed by atoms with Crippen LogP contribution in [0.1, 0.15) is 17.5 Å². The van der Waals surface area contributed by atoms with Crippen LogP contribution in [0.5, 0.6) is 0 Å². The summed E-state index contributed by atoms with van der Waals surface area (Å²) in [5, 5.41) is 8.12. The first-order valence-corrected chi connectivity index (χ1v) is 7.51. The molecule has 0 bridgehead atoms. The summed E-state index contributed by atoms with van der Waals surface area (Å²) in [5.41, 5.74) is 2.30. The van der Waals surface area contributed by atoms with Gasteiger partial charge in [0.1, 0.15) is 0 Å². The van der Waals surface area contributed by atoms with Gasteiger partial charge in [-0.1, -0.05) is 24.3 Å². The third-order valence-electron chi connectivity index (χ3n) is 2.52. The molecule has 0 saturated heterocycles. The molecule has 0 saturated carbocycles. The molecule has 0 aliphatic heterocycles. The molecule has 0 aromatic heterocycles. The molecule has 0 aliphatic rings. The summed E-state index contributed by atoms with van der Waals surface area (Å²) >= 11 is 0. The van der Waals surface area contributed by atoms with Crippen LogP contribution in [0.25, 0.3) is 0 Å². The van der Waals surface area contributed by atoms with Gasteiger partial charge in [0, 0.05) is 13.7 Å². The van der Waals surface area contributed by atoms with Gasteiger partial charge in [-0.15, -0.1) is 0 Å². The van der Waals surface area contributed by atoms with E-state index >= 15 is 0 Å². The van der Waals surface area contributed by atoms with Gasteiger partial charge < -0.3 is 10.1 Å². The van der Waals surface area contributed by atoms with E-state index < -0.39 is 10.0 Å². The van der Waals surface area contributed by atoms with Gasteiger partial charge in [-0.3, -0.25) is 0 Å². The summed E-state index contributed by atoms with van der Waals surface area (Å²) in [6.07, 6.45) is 0.519. The lowest BCUT2D eigenvalue weighted by Crippen LogP contribution is -2.22. The number of methoxy groups -OCH3 is 1. The largest absolute Gasteiger partial charge is 0.380 e. The second kappa shape index (κ2) is 7.48. The molecule has 0 fully saturated rings. The fraction of sp³-hybridized carbons (Fsp3) is 0.500. The molecule has 0 atom stereocenters. The molecule has 0 heterocycles. The molecule has 0 spiro atoms. The van der Waals surface area contributed by atoms with Crippen molar-refractivity contribution < 1.29 is 13.2 Å². The molecule has 5 nitrogen and oxygen atoms in total. The summed E-state index contributed by atoms with van der Waals surface area (Å²) in [6.45, 7) is 1.90. The smallest absolute Gasteiger partial charge is 0.209 e. The molecule has 102 valence electrons. The number of ether oxygens (including phenoxy) is 1. The number of hydrogen-bond acceptors (Lipinski definition) is 4. The van der Waals surface area contributed by atoms with Gasteiger partial charge in [0.2, 0.25) is 10.0 Å². The Balaban J connectivity index is 2.35. The molecule has 3 N–H and O–H groups in total. The first-order chi connectivity index (χ1) is 8.53. The van der Waals surface area contributed by atoms with E-state index in [9.17, 15) is 8.42 Å². The fourth-order valence-electron chi connectivity index (χ4n) is 1.65. The van der Waals surface area contributed by atoms with Gasteiger partial charge in [-0.2, -0.15) is 0 Å². The number of benzene rings is 1. The van der Waals surface area contributed by atoms with Gasteiger partial charge in [0.15, 0.2) is 0 Å². The van der Waals surface area contributed by atoms with Crippen molar-refractivity contribution in [1.29, 1.82) is 0 Å². The molecule has 1 rings (SSSR count). The summed E-state index contributed by atoms with van der Waals surface area (Å²) < 4.78 is 26.6. The number of nitrogens with one attached hydrogen (secondary N) is 1. The van der Waals surface area contributed by atoms with Crippen molar-refractivity contribution in [3.05, 3.63) is 35.4 Å². The molecule has 0 aliphatic carbocycles. The minimum absolute atomic E-state index is 0.0136. The van der Waals surface area contributed by atoms with Crippen LogP contribution in [0.4, 0.5) is 0 Å². The highest BCUT2D eigenvalue weighted by molar-refractivity contribution is 7.89. The Kier molecular flexibility index (Phi) is 6.28. The van der Waals surface area contributed by atoms with E-state index in [0.717, 1.165) is 11.1 Å². The summed E-state index contributed by atoms with van der Waals surface area (Å²) in [6, 6.07) is 7.99. The Morgan fingerprint density at radius 2 is 1.94 bits per heavy atom. The Hall–Kier alpha value is -0.950. The lowest BCUT2D eigenvalue weighted by Gasteiger charge is -2.09. The molecule has 1 aromatic carbocycles. The second-order valence-electron chi connectivity index (χ2n) is 4.10. The van der Waals surface area contributed by atoms with Crippen LogP contribution in [0, 0.1) is 0 Å². The molecule has 0 unspecified atom stereocenters. The number of rotatable bonds is 8.